The van der Waals surface area contributed by atoms with Gasteiger partial charge in [0.15, 0.2) is 0 Å². The molecule has 1 saturated heterocycles. The summed E-state index contributed by atoms with van der Waals surface area (Å²) in [5.74, 6) is -0.118. The minimum atomic E-state index is -3.77. The molecule has 0 aromatic carbocycles. The Morgan fingerprint density at radius 2 is 2.25 bits per heavy atom. The zero-order valence-corrected chi connectivity index (χ0v) is 13.2. The molecule has 6 nitrogen and oxygen atoms in total. The number of nitrogens with two attached hydrogens (primary N) is 1. The van der Waals surface area contributed by atoms with Crippen LogP contribution in [0, 0.1) is 6.92 Å². The molecule has 0 saturated carbocycles. The summed E-state index contributed by atoms with van der Waals surface area (Å²) in [4.78, 5) is 15.2. The van der Waals surface area contributed by atoms with Crippen LogP contribution in [0.5, 0.6) is 0 Å². The topological polar surface area (TPSA) is 92.5 Å². The summed E-state index contributed by atoms with van der Waals surface area (Å²) in [5, 5.41) is 8.31. The van der Waals surface area contributed by atoms with Crippen molar-refractivity contribution in [3.8, 4) is 0 Å². The molecule has 0 radical (unpaired) electrons. The molecular weight excluding hydrogens is 298 g/mol. The fourth-order valence-corrected chi connectivity index (χ4v) is 4.52. The predicted molar refractivity (Wildman–Crippen MR) is 78.4 cm³/mol. The smallest absolute Gasteiger partial charge is 0.264 e. The van der Waals surface area contributed by atoms with Gasteiger partial charge in [0, 0.05) is 24.0 Å². The second-order valence-electron chi connectivity index (χ2n) is 4.96. The van der Waals surface area contributed by atoms with Gasteiger partial charge in [-0.25, -0.2) is 13.6 Å². The van der Waals surface area contributed by atoms with E-state index in [9.17, 15) is 13.2 Å². The van der Waals surface area contributed by atoms with Crippen LogP contribution in [-0.2, 0) is 10.0 Å². The van der Waals surface area contributed by atoms with Crippen molar-refractivity contribution < 1.29 is 13.2 Å². The maximum atomic E-state index is 12.4. The molecule has 3 N–H and O–H groups in total. The molecule has 112 valence electrons. The van der Waals surface area contributed by atoms with Crippen LogP contribution in [0.2, 0.25) is 0 Å². The number of nitrogens with zero attached hydrogens (tertiary/aromatic N) is 1. The quantitative estimate of drug-likeness (QED) is 0.850. The molecule has 1 amide bonds. The fourth-order valence-electron chi connectivity index (χ4n) is 2.41. The number of aryl methyl sites for hydroxylation is 1. The average Bonchev–Trinajstić information content (AvgIpc) is 2.80. The molecule has 8 heteroatoms. The van der Waals surface area contributed by atoms with Crippen LogP contribution in [0.4, 0.5) is 0 Å². The molecule has 20 heavy (non-hydrogen) atoms. The Balaban J connectivity index is 2.22. The largest absolute Gasteiger partial charge is 0.336 e. The van der Waals surface area contributed by atoms with Gasteiger partial charge in [0.25, 0.3) is 5.91 Å². The Bertz CT molecular complexity index is 609. The van der Waals surface area contributed by atoms with E-state index in [0.29, 0.717) is 28.9 Å². The maximum absolute atomic E-state index is 12.4. The average molecular weight is 317 g/mol. The number of primary sulfonamides is 1. The summed E-state index contributed by atoms with van der Waals surface area (Å²) < 4.78 is 22.8. The van der Waals surface area contributed by atoms with Gasteiger partial charge in [-0.1, -0.05) is 0 Å². The van der Waals surface area contributed by atoms with Crippen LogP contribution in [-0.4, -0.2) is 45.4 Å². The number of likely N-dealkylation sites (N-methyl/N-ethyl adjacent to an activating group) is 1. The van der Waals surface area contributed by atoms with E-state index >= 15 is 0 Å². The Hall–Kier alpha value is -0.960. The zero-order valence-electron chi connectivity index (χ0n) is 11.5. The minimum Gasteiger partial charge on any atom is -0.336 e. The Labute approximate surface area is 123 Å². The zero-order chi connectivity index (χ0) is 14.9. The van der Waals surface area contributed by atoms with Gasteiger partial charge in [-0.2, -0.15) is 0 Å². The van der Waals surface area contributed by atoms with E-state index in [1.54, 1.807) is 11.8 Å². The van der Waals surface area contributed by atoms with Gasteiger partial charge in [-0.3, -0.25) is 4.79 Å². The van der Waals surface area contributed by atoms with Crippen LogP contribution in [0.3, 0.4) is 0 Å². The normalized spacial score (nSPS) is 20.1. The molecule has 0 bridgehead atoms. The van der Waals surface area contributed by atoms with Crippen LogP contribution < -0.4 is 10.5 Å². The predicted octanol–water partition coefficient (Wildman–Crippen LogP) is 0.528. The van der Waals surface area contributed by atoms with E-state index in [2.05, 4.69) is 5.32 Å². The molecule has 1 fully saturated rings. The number of piperidine rings is 1. The molecule has 2 rings (SSSR count). The lowest BCUT2D eigenvalue weighted by Gasteiger charge is -2.32. The lowest BCUT2D eigenvalue weighted by molar-refractivity contribution is 0.0703. The van der Waals surface area contributed by atoms with Crippen molar-refractivity contribution in [3.05, 3.63) is 15.8 Å². The van der Waals surface area contributed by atoms with Crippen LogP contribution >= 0.6 is 11.3 Å². The summed E-state index contributed by atoms with van der Waals surface area (Å²) in [6, 6.07) is 1.69. The van der Waals surface area contributed by atoms with Gasteiger partial charge in [0.1, 0.15) is 0 Å². The van der Waals surface area contributed by atoms with Gasteiger partial charge in [0.05, 0.1) is 9.77 Å². The van der Waals surface area contributed by atoms with Crippen molar-refractivity contribution in [3.63, 3.8) is 0 Å². The van der Waals surface area contributed by atoms with Gasteiger partial charge >= 0.3 is 0 Å². The lowest BCUT2D eigenvalue weighted by atomic mass is 10.1. The molecule has 0 unspecified atom stereocenters. The van der Waals surface area contributed by atoms with Gasteiger partial charge in [-0.15, -0.1) is 11.3 Å². The number of nitrogens with one attached hydrogen (secondary N) is 1. The molecule has 1 aromatic heterocycles. The van der Waals surface area contributed by atoms with Crippen molar-refractivity contribution in [2.24, 2.45) is 5.14 Å². The third kappa shape index (κ3) is 3.20. The fraction of sp³-hybridized carbons (Fsp3) is 0.583. The number of amides is 1. The minimum absolute atomic E-state index is 0.0491. The molecule has 1 aliphatic heterocycles. The van der Waals surface area contributed by atoms with E-state index in [-0.39, 0.29) is 10.8 Å². The SMILES string of the molecule is CN[C@@H]1CCCN(C(=O)c2cc(S(N)(=O)=O)c(C)s2)C1. The van der Waals surface area contributed by atoms with E-state index in [1.807, 2.05) is 7.05 Å². The van der Waals surface area contributed by atoms with Crippen molar-refractivity contribution in [2.75, 3.05) is 20.1 Å². The molecule has 1 aliphatic rings. The van der Waals surface area contributed by atoms with E-state index in [0.717, 1.165) is 12.8 Å². The van der Waals surface area contributed by atoms with E-state index in [4.69, 9.17) is 5.14 Å². The number of carbonyl (C=O) groups excluding carboxylic acids is 1. The molecule has 1 aromatic rings. The summed E-state index contributed by atoms with van der Waals surface area (Å²) in [7, 11) is -1.88. The first kappa shape index (κ1) is 15.4. The van der Waals surface area contributed by atoms with E-state index < -0.39 is 10.0 Å². The maximum Gasteiger partial charge on any atom is 0.264 e. The number of thiophene rings is 1. The first-order valence-electron chi connectivity index (χ1n) is 6.42. The second-order valence-corrected chi connectivity index (χ2v) is 7.74. The highest BCUT2D eigenvalue weighted by Gasteiger charge is 2.26. The summed E-state index contributed by atoms with van der Waals surface area (Å²) in [5.41, 5.74) is 0. The Morgan fingerprint density at radius 3 is 2.80 bits per heavy atom. The number of carbonyl (C=O) groups is 1. The van der Waals surface area contributed by atoms with E-state index in [1.165, 1.54) is 17.4 Å². The summed E-state index contributed by atoms with van der Waals surface area (Å²) in [6.45, 7) is 3.02. The lowest BCUT2D eigenvalue weighted by Crippen LogP contribution is -2.46. The second kappa shape index (κ2) is 5.80. The first-order chi connectivity index (χ1) is 9.32. The Kier molecular flexibility index (Phi) is 4.48. The molecular formula is C12H19N3O3S2. The monoisotopic (exact) mass is 317 g/mol. The van der Waals surface area contributed by atoms with Crippen LogP contribution in [0.25, 0.3) is 0 Å². The molecule has 0 aliphatic carbocycles. The van der Waals surface area contributed by atoms with Crippen molar-refractivity contribution in [1.29, 1.82) is 0 Å². The van der Waals surface area contributed by atoms with Gasteiger partial charge in [-0.05, 0) is 32.9 Å². The van der Waals surface area contributed by atoms with Gasteiger partial charge < -0.3 is 10.2 Å². The highest BCUT2D eigenvalue weighted by atomic mass is 32.2. The van der Waals surface area contributed by atoms with Crippen molar-refractivity contribution in [1.82, 2.24) is 10.2 Å². The molecule has 2 heterocycles. The standard InChI is InChI=1S/C12H19N3O3S2/c1-8-11(20(13,17)18)6-10(19-8)12(16)15-5-3-4-9(7-15)14-2/h6,9,14H,3-5,7H2,1-2H3,(H2,13,17,18)/t9-/m1/s1. The van der Waals surface area contributed by atoms with Crippen LogP contribution in [0.15, 0.2) is 11.0 Å². The molecule has 0 spiro atoms. The number of likely N-dealkylation sites (tertiary alicyclic amines) is 1. The first-order valence-corrected chi connectivity index (χ1v) is 8.79. The number of hydrogen-bond donors (Lipinski definition) is 2. The highest BCUT2D eigenvalue weighted by molar-refractivity contribution is 7.89. The number of sulfonamides is 1. The summed E-state index contributed by atoms with van der Waals surface area (Å²) >= 11 is 1.18. The van der Waals surface area contributed by atoms with Gasteiger partial charge in [0.2, 0.25) is 10.0 Å². The number of hydrogen-bond acceptors (Lipinski definition) is 5. The van der Waals surface area contributed by atoms with Crippen molar-refractivity contribution >= 4 is 27.3 Å². The third-order valence-electron chi connectivity index (χ3n) is 3.51. The summed E-state index contributed by atoms with van der Waals surface area (Å²) in [6.07, 6.45) is 2.00. The number of rotatable bonds is 3. The highest BCUT2D eigenvalue weighted by Crippen LogP contribution is 2.26. The van der Waals surface area contributed by atoms with Crippen molar-refractivity contribution in [2.45, 2.75) is 30.7 Å². The van der Waals surface area contributed by atoms with Crippen LogP contribution in [0.1, 0.15) is 27.4 Å². The Morgan fingerprint density at radius 1 is 1.55 bits per heavy atom. The molecule has 1 atom stereocenters. The third-order valence-corrected chi connectivity index (χ3v) is 5.71.